The zero-order valence-electron chi connectivity index (χ0n) is 11.1. The summed E-state index contributed by atoms with van der Waals surface area (Å²) in [7, 11) is 0. The Morgan fingerprint density at radius 1 is 1.28 bits per heavy atom. The van der Waals surface area contributed by atoms with E-state index in [1.54, 1.807) is 6.08 Å². The van der Waals surface area contributed by atoms with E-state index in [-0.39, 0.29) is 5.78 Å². The molecule has 1 aromatic carbocycles. The van der Waals surface area contributed by atoms with Gasteiger partial charge in [-0.15, -0.1) is 0 Å². The van der Waals surface area contributed by atoms with Gasteiger partial charge in [-0.1, -0.05) is 37.3 Å². The molecule has 0 aliphatic rings. The van der Waals surface area contributed by atoms with Crippen molar-refractivity contribution in [2.75, 3.05) is 18.1 Å². The van der Waals surface area contributed by atoms with Crippen molar-refractivity contribution in [2.45, 2.75) is 20.3 Å². The first-order chi connectivity index (χ1) is 8.74. The molecular weight excluding hydrogens is 242 g/mol. The molecule has 0 bridgehead atoms. The zero-order chi connectivity index (χ0) is 13.2. The fourth-order valence-electron chi connectivity index (χ4n) is 1.50. The van der Waals surface area contributed by atoms with E-state index >= 15 is 0 Å². The first kappa shape index (κ1) is 14.8. The molecule has 0 aliphatic carbocycles. The molecule has 0 spiro atoms. The third kappa shape index (κ3) is 5.92. The van der Waals surface area contributed by atoms with Crippen LogP contribution in [0.1, 0.15) is 30.6 Å². The lowest BCUT2D eigenvalue weighted by Gasteiger charge is -2.05. The smallest absolute Gasteiger partial charge is 0.187 e. The molecule has 0 aliphatic heterocycles. The summed E-state index contributed by atoms with van der Waals surface area (Å²) in [5.74, 6) is 2.34. The molecule has 1 N–H and O–H groups in total. The first-order valence-corrected chi connectivity index (χ1v) is 7.48. The molecule has 0 fully saturated rings. The SMILES string of the molecule is CCCSCCN/C(C)=C\C(=O)c1ccccc1. The van der Waals surface area contributed by atoms with Crippen LogP contribution in [0.3, 0.4) is 0 Å². The van der Waals surface area contributed by atoms with E-state index in [9.17, 15) is 4.79 Å². The maximum Gasteiger partial charge on any atom is 0.187 e. The van der Waals surface area contributed by atoms with E-state index in [2.05, 4.69) is 12.2 Å². The van der Waals surface area contributed by atoms with Crippen molar-refractivity contribution in [2.24, 2.45) is 0 Å². The lowest BCUT2D eigenvalue weighted by atomic mass is 10.1. The van der Waals surface area contributed by atoms with Gasteiger partial charge in [-0.05, 0) is 19.1 Å². The third-order valence-corrected chi connectivity index (χ3v) is 3.59. The minimum Gasteiger partial charge on any atom is -0.388 e. The minimum atomic E-state index is 0.0572. The van der Waals surface area contributed by atoms with Crippen molar-refractivity contribution in [1.82, 2.24) is 5.32 Å². The van der Waals surface area contributed by atoms with E-state index in [1.165, 1.54) is 12.2 Å². The van der Waals surface area contributed by atoms with E-state index in [0.29, 0.717) is 0 Å². The predicted octanol–water partition coefficient (Wildman–Crippen LogP) is 3.51. The molecule has 0 saturated heterocycles. The summed E-state index contributed by atoms with van der Waals surface area (Å²) in [5, 5.41) is 3.26. The fourth-order valence-corrected chi connectivity index (χ4v) is 2.24. The molecule has 2 nitrogen and oxygen atoms in total. The van der Waals surface area contributed by atoms with Gasteiger partial charge < -0.3 is 5.32 Å². The van der Waals surface area contributed by atoms with Crippen LogP contribution in [0.5, 0.6) is 0 Å². The Labute approximate surface area is 114 Å². The number of nitrogens with one attached hydrogen (secondary N) is 1. The topological polar surface area (TPSA) is 29.1 Å². The highest BCUT2D eigenvalue weighted by Crippen LogP contribution is 2.03. The largest absolute Gasteiger partial charge is 0.388 e. The summed E-state index contributed by atoms with van der Waals surface area (Å²) in [6.07, 6.45) is 2.88. The van der Waals surface area contributed by atoms with Gasteiger partial charge in [0.15, 0.2) is 5.78 Å². The average Bonchev–Trinajstić information content (AvgIpc) is 2.39. The van der Waals surface area contributed by atoms with Crippen LogP contribution < -0.4 is 5.32 Å². The molecule has 1 rings (SSSR count). The predicted molar refractivity (Wildman–Crippen MR) is 80.1 cm³/mol. The Morgan fingerprint density at radius 3 is 2.67 bits per heavy atom. The molecule has 3 heteroatoms. The maximum atomic E-state index is 11.9. The molecule has 0 radical (unpaired) electrons. The van der Waals surface area contributed by atoms with Gasteiger partial charge in [0, 0.05) is 29.6 Å². The summed E-state index contributed by atoms with van der Waals surface area (Å²) in [4.78, 5) is 11.9. The Morgan fingerprint density at radius 2 is 2.00 bits per heavy atom. The average molecular weight is 263 g/mol. The lowest BCUT2D eigenvalue weighted by Crippen LogP contribution is -2.16. The number of ketones is 1. The molecule has 0 atom stereocenters. The molecule has 0 aromatic heterocycles. The summed E-state index contributed by atoms with van der Waals surface area (Å²) in [6.45, 7) is 5.03. The van der Waals surface area contributed by atoms with Gasteiger partial charge >= 0.3 is 0 Å². The van der Waals surface area contributed by atoms with Crippen molar-refractivity contribution in [3.05, 3.63) is 47.7 Å². The Balaban J connectivity index is 2.34. The number of allylic oxidation sites excluding steroid dienone is 2. The molecule has 0 heterocycles. The Hall–Kier alpha value is -1.22. The number of benzene rings is 1. The van der Waals surface area contributed by atoms with E-state index in [0.717, 1.165) is 23.6 Å². The second kappa shape index (κ2) is 8.81. The minimum absolute atomic E-state index is 0.0572. The van der Waals surface area contributed by atoms with Gasteiger partial charge in [0.25, 0.3) is 0 Å². The fraction of sp³-hybridized carbons (Fsp3) is 0.400. The summed E-state index contributed by atoms with van der Waals surface area (Å²) >= 11 is 1.94. The standard InChI is InChI=1S/C15H21NOS/c1-3-10-18-11-9-16-13(2)12-15(17)14-7-5-4-6-8-14/h4-8,12,16H,3,9-11H2,1-2H3/b13-12-. The number of thioether (sulfide) groups is 1. The number of carbonyl (C=O) groups is 1. The van der Waals surface area contributed by atoms with Crippen LogP contribution in [0, 0.1) is 0 Å². The number of hydrogen-bond donors (Lipinski definition) is 1. The van der Waals surface area contributed by atoms with E-state index in [1.807, 2.05) is 49.0 Å². The third-order valence-electron chi connectivity index (χ3n) is 2.40. The Kier molecular flexibility index (Phi) is 7.26. The molecule has 0 amide bonds. The second-order valence-corrected chi connectivity index (χ2v) is 5.32. The molecular formula is C15H21NOS. The van der Waals surface area contributed by atoms with Gasteiger partial charge in [0.1, 0.15) is 0 Å². The number of rotatable bonds is 8. The van der Waals surface area contributed by atoms with Gasteiger partial charge in [-0.2, -0.15) is 11.8 Å². The zero-order valence-corrected chi connectivity index (χ0v) is 11.9. The van der Waals surface area contributed by atoms with Gasteiger partial charge in [-0.3, -0.25) is 4.79 Å². The molecule has 0 unspecified atom stereocenters. The van der Waals surface area contributed by atoms with Gasteiger partial charge in [0.2, 0.25) is 0 Å². The van der Waals surface area contributed by atoms with Crippen LogP contribution in [0.25, 0.3) is 0 Å². The van der Waals surface area contributed by atoms with Gasteiger partial charge in [0.05, 0.1) is 0 Å². The second-order valence-electron chi connectivity index (χ2n) is 4.10. The quantitative estimate of drug-likeness (QED) is 0.442. The van der Waals surface area contributed by atoms with Crippen molar-refractivity contribution in [3.8, 4) is 0 Å². The molecule has 98 valence electrons. The van der Waals surface area contributed by atoms with Crippen LogP contribution in [-0.4, -0.2) is 23.8 Å². The van der Waals surface area contributed by atoms with Crippen LogP contribution in [0.2, 0.25) is 0 Å². The number of carbonyl (C=O) groups excluding carboxylic acids is 1. The van der Waals surface area contributed by atoms with Crippen LogP contribution in [0.4, 0.5) is 0 Å². The van der Waals surface area contributed by atoms with E-state index < -0.39 is 0 Å². The van der Waals surface area contributed by atoms with Gasteiger partial charge in [-0.25, -0.2) is 0 Å². The highest BCUT2D eigenvalue weighted by Gasteiger charge is 2.01. The monoisotopic (exact) mass is 263 g/mol. The summed E-state index contributed by atoms with van der Waals surface area (Å²) < 4.78 is 0. The molecule has 1 aromatic rings. The van der Waals surface area contributed by atoms with Crippen LogP contribution >= 0.6 is 11.8 Å². The van der Waals surface area contributed by atoms with Crippen LogP contribution in [-0.2, 0) is 0 Å². The van der Waals surface area contributed by atoms with Crippen LogP contribution in [0.15, 0.2) is 42.1 Å². The van der Waals surface area contributed by atoms with Crippen molar-refractivity contribution < 1.29 is 4.79 Å². The highest BCUT2D eigenvalue weighted by atomic mass is 32.2. The molecule has 0 saturated carbocycles. The van der Waals surface area contributed by atoms with Crippen molar-refractivity contribution in [1.29, 1.82) is 0 Å². The lowest BCUT2D eigenvalue weighted by molar-refractivity contribution is 0.104. The highest BCUT2D eigenvalue weighted by molar-refractivity contribution is 7.99. The van der Waals surface area contributed by atoms with Crippen molar-refractivity contribution in [3.63, 3.8) is 0 Å². The normalized spacial score (nSPS) is 11.3. The Bertz CT molecular complexity index is 387. The molecule has 18 heavy (non-hydrogen) atoms. The maximum absolute atomic E-state index is 11.9. The summed E-state index contributed by atoms with van der Waals surface area (Å²) in [6, 6.07) is 9.35. The summed E-state index contributed by atoms with van der Waals surface area (Å²) in [5.41, 5.74) is 1.67. The van der Waals surface area contributed by atoms with E-state index in [4.69, 9.17) is 0 Å². The number of hydrogen-bond acceptors (Lipinski definition) is 3. The first-order valence-electron chi connectivity index (χ1n) is 6.33. The van der Waals surface area contributed by atoms with Crippen molar-refractivity contribution >= 4 is 17.5 Å².